The molecule has 120 valence electrons. The second kappa shape index (κ2) is 6.85. The number of aliphatic hydroxyl groups is 1. The van der Waals surface area contributed by atoms with Crippen molar-refractivity contribution in [1.82, 2.24) is 0 Å². The average molecular weight is 326 g/mol. The first-order valence-electron chi connectivity index (χ1n) is 6.42. The molecule has 0 aliphatic rings. The molecule has 0 fully saturated rings. The lowest BCUT2D eigenvalue weighted by molar-refractivity contribution is -0.137. The highest BCUT2D eigenvalue weighted by atomic mass is 35.5. The number of nitrogens with one attached hydrogen (secondary N) is 1. The minimum absolute atomic E-state index is 0.0784. The Morgan fingerprint density at radius 1 is 1.29 bits per heavy atom. The van der Waals surface area contributed by atoms with E-state index < -0.39 is 17.8 Å². The molecule has 0 saturated heterocycles. The monoisotopic (exact) mass is 325 g/mol. The molecule has 0 amide bonds. The summed E-state index contributed by atoms with van der Waals surface area (Å²) < 4.78 is 43.5. The number of ether oxygens (including phenoxy) is 1. The third-order valence-electron chi connectivity index (χ3n) is 2.52. The number of anilines is 1. The Bertz CT molecular complexity index is 472. The van der Waals surface area contributed by atoms with Crippen LogP contribution in [0.1, 0.15) is 26.3 Å². The summed E-state index contributed by atoms with van der Waals surface area (Å²) in [7, 11) is 0. The van der Waals surface area contributed by atoms with Crippen LogP contribution in [0.4, 0.5) is 18.9 Å². The van der Waals surface area contributed by atoms with Crippen molar-refractivity contribution in [2.75, 3.05) is 18.5 Å². The van der Waals surface area contributed by atoms with E-state index in [2.05, 4.69) is 5.32 Å². The number of aliphatic hydroxyl groups excluding tert-OH is 1. The van der Waals surface area contributed by atoms with Gasteiger partial charge in [0.15, 0.2) is 0 Å². The number of alkyl halides is 3. The van der Waals surface area contributed by atoms with Gasteiger partial charge in [0.2, 0.25) is 0 Å². The number of benzene rings is 1. The van der Waals surface area contributed by atoms with Crippen LogP contribution in [-0.4, -0.2) is 30.0 Å². The Hall–Kier alpha value is -0.980. The van der Waals surface area contributed by atoms with Gasteiger partial charge in [-0.1, -0.05) is 11.6 Å². The molecule has 1 aromatic carbocycles. The lowest BCUT2D eigenvalue weighted by atomic mass is 10.2. The van der Waals surface area contributed by atoms with Crippen LogP contribution in [0.15, 0.2) is 18.2 Å². The van der Waals surface area contributed by atoms with Crippen molar-refractivity contribution >= 4 is 17.3 Å². The molecule has 0 aromatic heterocycles. The molecule has 0 aliphatic carbocycles. The van der Waals surface area contributed by atoms with Crippen molar-refractivity contribution in [3.63, 3.8) is 0 Å². The molecule has 0 radical (unpaired) electrons. The summed E-state index contributed by atoms with van der Waals surface area (Å²) in [6.45, 7) is 5.72. The standard InChI is InChI=1S/C14H19ClF3NO2/c1-13(2,3)21-8-10(20)7-19-9-4-5-12(15)11(6-9)14(16,17)18/h4-6,10,19-20H,7-8H2,1-3H3. The minimum atomic E-state index is -4.51. The average Bonchev–Trinajstić information content (AvgIpc) is 2.33. The van der Waals surface area contributed by atoms with E-state index in [0.29, 0.717) is 0 Å². The van der Waals surface area contributed by atoms with E-state index >= 15 is 0 Å². The normalized spacial score (nSPS) is 14.1. The summed E-state index contributed by atoms with van der Waals surface area (Å²) >= 11 is 5.53. The summed E-state index contributed by atoms with van der Waals surface area (Å²) in [5.74, 6) is 0. The Labute approximate surface area is 127 Å². The first-order valence-corrected chi connectivity index (χ1v) is 6.79. The molecule has 0 spiro atoms. The molecule has 2 N–H and O–H groups in total. The van der Waals surface area contributed by atoms with E-state index in [9.17, 15) is 18.3 Å². The molecule has 0 heterocycles. The zero-order chi connectivity index (χ0) is 16.3. The molecule has 1 rings (SSSR count). The molecule has 0 aliphatic heterocycles. The van der Waals surface area contributed by atoms with Crippen molar-refractivity contribution in [1.29, 1.82) is 0 Å². The van der Waals surface area contributed by atoms with Gasteiger partial charge in [-0.25, -0.2) is 0 Å². The zero-order valence-corrected chi connectivity index (χ0v) is 12.8. The highest BCUT2D eigenvalue weighted by Crippen LogP contribution is 2.36. The third kappa shape index (κ3) is 6.54. The summed E-state index contributed by atoms with van der Waals surface area (Å²) in [5, 5.41) is 12.1. The van der Waals surface area contributed by atoms with Crippen molar-refractivity contribution in [3.8, 4) is 0 Å². The molecule has 0 saturated carbocycles. The highest BCUT2D eigenvalue weighted by molar-refractivity contribution is 6.31. The van der Waals surface area contributed by atoms with Crippen LogP contribution in [0.25, 0.3) is 0 Å². The Kier molecular flexibility index (Phi) is 5.90. The van der Waals surface area contributed by atoms with Crippen LogP contribution < -0.4 is 5.32 Å². The first-order chi connectivity index (χ1) is 9.49. The number of rotatable bonds is 5. The van der Waals surface area contributed by atoms with Crippen LogP contribution in [0.2, 0.25) is 5.02 Å². The SMILES string of the molecule is CC(C)(C)OCC(O)CNc1ccc(Cl)c(C(F)(F)F)c1. The van der Waals surface area contributed by atoms with Gasteiger partial charge in [0.1, 0.15) is 0 Å². The Morgan fingerprint density at radius 3 is 2.43 bits per heavy atom. The molecule has 21 heavy (non-hydrogen) atoms. The van der Waals surface area contributed by atoms with Crippen LogP contribution in [0.5, 0.6) is 0 Å². The second-order valence-electron chi connectivity index (χ2n) is 5.65. The van der Waals surface area contributed by atoms with E-state index in [-0.39, 0.29) is 29.5 Å². The van der Waals surface area contributed by atoms with Crippen LogP contribution in [0, 0.1) is 0 Å². The molecule has 1 unspecified atom stereocenters. The largest absolute Gasteiger partial charge is 0.417 e. The topological polar surface area (TPSA) is 41.5 Å². The predicted octanol–water partition coefficient (Wildman–Crippen LogP) is 3.95. The van der Waals surface area contributed by atoms with Crippen LogP contribution >= 0.6 is 11.6 Å². The van der Waals surface area contributed by atoms with E-state index in [1.54, 1.807) is 0 Å². The van der Waals surface area contributed by atoms with Crippen molar-refractivity contribution in [2.45, 2.75) is 38.7 Å². The van der Waals surface area contributed by atoms with E-state index in [1.165, 1.54) is 12.1 Å². The number of halogens is 4. The van der Waals surface area contributed by atoms with E-state index in [0.717, 1.165) is 6.07 Å². The van der Waals surface area contributed by atoms with Gasteiger partial charge in [0.05, 0.1) is 28.9 Å². The molecule has 1 atom stereocenters. The molecular weight excluding hydrogens is 307 g/mol. The van der Waals surface area contributed by atoms with Crippen molar-refractivity contribution in [2.24, 2.45) is 0 Å². The maximum Gasteiger partial charge on any atom is 0.417 e. The Morgan fingerprint density at radius 2 is 1.90 bits per heavy atom. The predicted molar refractivity (Wildman–Crippen MR) is 76.7 cm³/mol. The Balaban J connectivity index is 2.60. The fraction of sp³-hybridized carbons (Fsp3) is 0.571. The maximum absolute atomic E-state index is 12.7. The van der Waals surface area contributed by atoms with Crippen LogP contribution in [0.3, 0.4) is 0 Å². The summed E-state index contributed by atoms with van der Waals surface area (Å²) in [6, 6.07) is 3.51. The third-order valence-corrected chi connectivity index (χ3v) is 2.85. The first kappa shape index (κ1) is 18.1. The minimum Gasteiger partial charge on any atom is -0.389 e. The second-order valence-corrected chi connectivity index (χ2v) is 6.06. The van der Waals surface area contributed by atoms with Gasteiger partial charge in [0.25, 0.3) is 0 Å². The fourth-order valence-corrected chi connectivity index (χ4v) is 1.72. The van der Waals surface area contributed by atoms with Crippen molar-refractivity contribution < 1.29 is 23.0 Å². The number of hydrogen-bond donors (Lipinski definition) is 2. The number of hydrogen-bond acceptors (Lipinski definition) is 3. The van der Waals surface area contributed by atoms with Crippen molar-refractivity contribution in [3.05, 3.63) is 28.8 Å². The van der Waals surface area contributed by atoms with Crippen LogP contribution in [-0.2, 0) is 10.9 Å². The summed E-state index contributed by atoms with van der Waals surface area (Å²) in [4.78, 5) is 0. The van der Waals surface area contributed by atoms with E-state index in [4.69, 9.17) is 16.3 Å². The van der Waals surface area contributed by atoms with Gasteiger partial charge < -0.3 is 15.2 Å². The van der Waals surface area contributed by atoms with Gasteiger partial charge in [-0.3, -0.25) is 0 Å². The van der Waals surface area contributed by atoms with Gasteiger partial charge >= 0.3 is 6.18 Å². The lowest BCUT2D eigenvalue weighted by Gasteiger charge is -2.22. The van der Waals surface area contributed by atoms with E-state index in [1.807, 2.05) is 20.8 Å². The highest BCUT2D eigenvalue weighted by Gasteiger charge is 2.33. The molecule has 3 nitrogen and oxygen atoms in total. The fourth-order valence-electron chi connectivity index (χ4n) is 1.49. The lowest BCUT2D eigenvalue weighted by Crippen LogP contribution is -2.30. The molecule has 7 heteroatoms. The van der Waals surface area contributed by atoms with Gasteiger partial charge in [-0.15, -0.1) is 0 Å². The van der Waals surface area contributed by atoms with Gasteiger partial charge in [0, 0.05) is 12.2 Å². The van der Waals surface area contributed by atoms with Gasteiger partial charge in [-0.2, -0.15) is 13.2 Å². The zero-order valence-electron chi connectivity index (χ0n) is 12.1. The molecular formula is C14H19ClF3NO2. The summed E-state index contributed by atoms with van der Waals surface area (Å²) in [5.41, 5.74) is -1.05. The molecule has 0 bridgehead atoms. The quantitative estimate of drug-likeness (QED) is 0.861. The maximum atomic E-state index is 12.7. The molecule has 1 aromatic rings. The van der Waals surface area contributed by atoms with Gasteiger partial charge in [-0.05, 0) is 39.0 Å². The summed E-state index contributed by atoms with van der Waals surface area (Å²) in [6.07, 6.45) is -5.34. The smallest absolute Gasteiger partial charge is 0.389 e.